The molecule has 0 aliphatic carbocycles. The Hall–Kier alpha value is -2.22. The summed E-state index contributed by atoms with van der Waals surface area (Å²) in [7, 11) is -2.17. The molecule has 0 spiro atoms. The van der Waals surface area contributed by atoms with Gasteiger partial charge in [0.25, 0.3) is 0 Å². The third-order valence-corrected chi connectivity index (χ3v) is 5.82. The summed E-state index contributed by atoms with van der Waals surface area (Å²) in [6, 6.07) is 13.8. The van der Waals surface area contributed by atoms with Crippen molar-refractivity contribution in [2.75, 3.05) is 7.05 Å². The van der Waals surface area contributed by atoms with E-state index in [0.717, 1.165) is 5.56 Å². The fourth-order valence-corrected chi connectivity index (χ4v) is 3.58. The maximum Gasteiger partial charge on any atom is 0.243 e. The molecule has 0 radical (unpaired) electrons. The molecular weight excluding hydrogens is 362 g/mol. The molecule has 0 aliphatic rings. The number of sulfonamides is 1. The quantitative estimate of drug-likeness (QED) is 0.679. The van der Waals surface area contributed by atoms with Crippen LogP contribution >= 0.6 is 11.6 Å². The topological polar surface area (TPSA) is 76.3 Å². The molecule has 8 heteroatoms. The number of hydrogen-bond donors (Lipinski definition) is 0. The normalized spacial score (nSPS) is 11.8. The molecule has 2 aromatic carbocycles. The zero-order chi connectivity index (χ0) is 18.0. The van der Waals surface area contributed by atoms with E-state index < -0.39 is 10.0 Å². The third kappa shape index (κ3) is 3.73. The van der Waals surface area contributed by atoms with Crippen molar-refractivity contribution < 1.29 is 12.9 Å². The molecule has 0 N–H and O–H groups in total. The Labute approximate surface area is 151 Å². The van der Waals surface area contributed by atoms with E-state index in [4.69, 9.17) is 16.1 Å². The Morgan fingerprint density at radius 1 is 1.12 bits per heavy atom. The monoisotopic (exact) mass is 377 g/mol. The molecule has 1 aromatic heterocycles. The minimum absolute atomic E-state index is 0.0341. The molecular formula is C17H16ClN3O3S. The second-order valence-corrected chi connectivity index (χ2v) is 8.02. The van der Waals surface area contributed by atoms with Gasteiger partial charge in [-0.1, -0.05) is 46.6 Å². The second-order valence-electron chi connectivity index (χ2n) is 5.57. The first-order valence-electron chi connectivity index (χ1n) is 7.48. The highest BCUT2D eigenvalue weighted by atomic mass is 35.5. The van der Waals surface area contributed by atoms with Gasteiger partial charge in [0.1, 0.15) is 0 Å². The van der Waals surface area contributed by atoms with Crippen LogP contribution in [0.15, 0.2) is 57.9 Å². The number of aryl methyl sites for hydroxylation is 1. The predicted molar refractivity (Wildman–Crippen MR) is 94.6 cm³/mol. The first-order valence-corrected chi connectivity index (χ1v) is 9.30. The van der Waals surface area contributed by atoms with Crippen LogP contribution in [0.25, 0.3) is 11.4 Å². The second kappa shape index (κ2) is 6.95. The Balaban J connectivity index is 1.81. The number of benzene rings is 2. The molecule has 6 nitrogen and oxygen atoms in total. The minimum Gasteiger partial charge on any atom is -0.338 e. The largest absolute Gasteiger partial charge is 0.338 e. The zero-order valence-electron chi connectivity index (χ0n) is 13.7. The summed E-state index contributed by atoms with van der Waals surface area (Å²) in [5, 5.41) is 4.37. The van der Waals surface area contributed by atoms with Crippen molar-refractivity contribution in [1.29, 1.82) is 0 Å². The molecule has 3 aromatic rings. The molecule has 3 rings (SSSR count). The van der Waals surface area contributed by atoms with Crippen LogP contribution in [-0.2, 0) is 16.6 Å². The summed E-state index contributed by atoms with van der Waals surface area (Å²) < 4.78 is 31.5. The van der Waals surface area contributed by atoms with Crippen LogP contribution in [0, 0.1) is 6.92 Å². The van der Waals surface area contributed by atoms with E-state index in [0.29, 0.717) is 16.4 Å². The lowest BCUT2D eigenvalue weighted by atomic mass is 10.2. The van der Waals surface area contributed by atoms with Crippen molar-refractivity contribution in [2.45, 2.75) is 18.4 Å². The van der Waals surface area contributed by atoms with E-state index in [1.54, 1.807) is 42.5 Å². The van der Waals surface area contributed by atoms with Crippen LogP contribution in [0.4, 0.5) is 0 Å². The van der Waals surface area contributed by atoms with Gasteiger partial charge in [-0.2, -0.15) is 9.29 Å². The van der Waals surface area contributed by atoms with Gasteiger partial charge in [-0.05, 0) is 31.2 Å². The molecule has 0 aliphatic heterocycles. The Morgan fingerprint density at radius 2 is 1.80 bits per heavy atom. The average Bonchev–Trinajstić information content (AvgIpc) is 3.04. The first kappa shape index (κ1) is 17.6. The summed E-state index contributed by atoms with van der Waals surface area (Å²) in [4.78, 5) is 4.45. The van der Waals surface area contributed by atoms with Gasteiger partial charge in [0.05, 0.1) is 16.5 Å². The van der Waals surface area contributed by atoms with Gasteiger partial charge >= 0.3 is 0 Å². The molecule has 0 saturated heterocycles. The van der Waals surface area contributed by atoms with E-state index in [2.05, 4.69) is 10.1 Å². The zero-order valence-corrected chi connectivity index (χ0v) is 15.3. The highest BCUT2D eigenvalue weighted by Gasteiger charge is 2.23. The molecule has 0 atom stereocenters. The summed E-state index contributed by atoms with van der Waals surface area (Å²) in [5.41, 5.74) is 1.62. The smallest absolute Gasteiger partial charge is 0.243 e. The lowest BCUT2D eigenvalue weighted by Gasteiger charge is -2.15. The number of nitrogens with zero attached hydrogens (tertiary/aromatic N) is 3. The Morgan fingerprint density at radius 3 is 2.48 bits per heavy atom. The molecule has 0 amide bonds. The van der Waals surface area contributed by atoms with Crippen LogP contribution in [0.3, 0.4) is 0 Å². The molecule has 0 fully saturated rings. The molecule has 25 heavy (non-hydrogen) atoms. The summed E-state index contributed by atoms with van der Waals surface area (Å²) in [5.74, 6) is 0.509. The van der Waals surface area contributed by atoms with E-state index >= 15 is 0 Å². The highest BCUT2D eigenvalue weighted by molar-refractivity contribution is 7.89. The molecule has 0 saturated carbocycles. The SMILES string of the molecule is Cc1ccc(S(=O)(=O)N(C)Cc2nc(-c3ccccc3Cl)no2)cc1. The standard InChI is InChI=1S/C17H16ClN3O3S/c1-12-7-9-13(10-8-12)25(22,23)21(2)11-16-19-17(20-24-16)14-5-3-4-6-15(14)18/h3-10H,11H2,1-2H3. The summed E-state index contributed by atoms with van der Waals surface area (Å²) in [6.45, 7) is 1.86. The van der Waals surface area contributed by atoms with E-state index in [1.165, 1.54) is 11.4 Å². The Bertz CT molecular complexity index is 984. The lowest BCUT2D eigenvalue weighted by Crippen LogP contribution is -2.26. The number of rotatable bonds is 5. The highest BCUT2D eigenvalue weighted by Crippen LogP contribution is 2.25. The van der Waals surface area contributed by atoms with Crippen LogP contribution in [0.2, 0.25) is 5.02 Å². The van der Waals surface area contributed by atoms with E-state index in [9.17, 15) is 8.42 Å². The fourth-order valence-electron chi connectivity index (χ4n) is 2.24. The van der Waals surface area contributed by atoms with Crippen LogP contribution in [0.5, 0.6) is 0 Å². The fraction of sp³-hybridized carbons (Fsp3) is 0.176. The van der Waals surface area contributed by atoms with Crippen molar-refractivity contribution in [2.24, 2.45) is 0 Å². The van der Waals surface area contributed by atoms with Gasteiger partial charge < -0.3 is 4.52 Å². The number of hydrogen-bond acceptors (Lipinski definition) is 5. The number of halogens is 1. The Kier molecular flexibility index (Phi) is 4.89. The lowest BCUT2D eigenvalue weighted by molar-refractivity contribution is 0.337. The maximum atomic E-state index is 12.6. The first-order chi connectivity index (χ1) is 11.9. The van der Waals surface area contributed by atoms with Gasteiger partial charge in [-0.15, -0.1) is 0 Å². The van der Waals surface area contributed by atoms with Gasteiger partial charge in [0.15, 0.2) is 0 Å². The van der Waals surface area contributed by atoms with Crippen molar-refractivity contribution in [3.8, 4) is 11.4 Å². The van der Waals surface area contributed by atoms with Gasteiger partial charge in [-0.3, -0.25) is 0 Å². The summed E-state index contributed by atoms with van der Waals surface area (Å²) in [6.07, 6.45) is 0. The predicted octanol–water partition coefficient (Wildman–Crippen LogP) is 3.52. The summed E-state index contributed by atoms with van der Waals surface area (Å²) >= 11 is 6.11. The van der Waals surface area contributed by atoms with Crippen molar-refractivity contribution in [3.05, 3.63) is 65.0 Å². The molecule has 130 valence electrons. The van der Waals surface area contributed by atoms with Gasteiger partial charge in [0, 0.05) is 12.6 Å². The maximum absolute atomic E-state index is 12.6. The number of aromatic nitrogens is 2. The van der Waals surface area contributed by atoms with Crippen molar-refractivity contribution >= 4 is 21.6 Å². The van der Waals surface area contributed by atoms with Crippen molar-refractivity contribution in [3.63, 3.8) is 0 Å². The molecule has 0 bridgehead atoms. The van der Waals surface area contributed by atoms with Crippen LogP contribution < -0.4 is 0 Å². The van der Waals surface area contributed by atoms with Crippen LogP contribution in [-0.4, -0.2) is 29.9 Å². The third-order valence-electron chi connectivity index (χ3n) is 3.67. The van der Waals surface area contributed by atoms with Gasteiger partial charge in [0.2, 0.25) is 21.7 Å². The van der Waals surface area contributed by atoms with E-state index in [-0.39, 0.29) is 17.3 Å². The van der Waals surface area contributed by atoms with Crippen molar-refractivity contribution in [1.82, 2.24) is 14.4 Å². The van der Waals surface area contributed by atoms with Crippen LogP contribution in [0.1, 0.15) is 11.5 Å². The average molecular weight is 378 g/mol. The molecule has 0 unspecified atom stereocenters. The van der Waals surface area contributed by atoms with Gasteiger partial charge in [-0.25, -0.2) is 8.42 Å². The molecule has 1 heterocycles. The van der Waals surface area contributed by atoms with E-state index in [1.807, 2.05) is 13.0 Å². The minimum atomic E-state index is -3.64.